The zero-order chi connectivity index (χ0) is 25.2. The minimum atomic E-state index is -3.79. The van der Waals surface area contributed by atoms with E-state index in [1.165, 1.54) is 12.8 Å². The number of benzene rings is 1. The summed E-state index contributed by atoms with van der Waals surface area (Å²) in [4.78, 5) is 26.5. The zero-order valence-corrected chi connectivity index (χ0v) is 21.5. The first-order chi connectivity index (χ1) is 16.6. The quantitative estimate of drug-likeness (QED) is 0.384. The van der Waals surface area contributed by atoms with Gasteiger partial charge in [-0.15, -0.1) is 0 Å². The van der Waals surface area contributed by atoms with Gasteiger partial charge < -0.3 is 5.32 Å². The van der Waals surface area contributed by atoms with Gasteiger partial charge in [0.1, 0.15) is 5.57 Å². The van der Waals surface area contributed by atoms with E-state index < -0.39 is 32.6 Å². The molecular formula is C26H34N4O4S. The average Bonchev–Trinajstić information content (AvgIpc) is 3.56. The van der Waals surface area contributed by atoms with Crippen LogP contribution in [0.3, 0.4) is 0 Å². The Hall–Kier alpha value is -2.94. The van der Waals surface area contributed by atoms with Gasteiger partial charge in [0.25, 0.3) is 11.8 Å². The van der Waals surface area contributed by atoms with Crippen molar-refractivity contribution in [2.75, 3.05) is 0 Å². The van der Waals surface area contributed by atoms with Gasteiger partial charge in [-0.05, 0) is 44.2 Å². The number of nitrogens with one attached hydrogen (secondary N) is 2. The van der Waals surface area contributed by atoms with E-state index in [4.69, 9.17) is 0 Å². The molecule has 2 amide bonds. The predicted octanol–water partition coefficient (Wildman–Crippen LogP) is 3.57. The number of sulfonamides is 1. The van der Waals surface area contributed by atoms with Gasteiger partial charge in [-0.1, -0.05) is 56.0 Å². The molecule has 1 unspecified atom stereocenters. The second kappa shape index (κ2) is 9.97. The number of carbonyl (C=O) groups excluding carboxylic acids is 2. The molecule has 2 aliphatic rings. The second-order valence-corrected chi connectivity index (χ2v) is 11.9. The molecule has 188 valence electrons. The van der Waals surface area contributed by atoms with Crippen LogP contribution in [0.2, 0.25) is 0 Å². The van der Waals surface area contributed by atoms with Crippen molar-refractivity contribution in [2.45, 2.75) is 83.1 Å². The summed E-state index contributed by atoms with van der Waals surface area (Å²) in [6.07, 6.45) is 9.62. The molecular weight excluding hydrogens is 464 g/mol. The first kappa shape index (κ1) is 25.2. The Bertz CT molecular complexity index is 1240. The third-order valence-electron chi connectivity index (χ3n) is 6.78. The van der Waals surface area contributed by atoms with E-state index in [2.05, 4.69) is 22.1 Å². The number of nitrogens with zero attached hydrogens (tertiary/aromatic N) is 2. The summed E-state index contributed by atoms with van der Waals surface area (Å²) in [5.41, 5.74) is 2.19. The van der Waals surface area contributed by atoms with Crippen LogP contribution in [0.25, 0.3) is 5.57 Å². The highest BCUT2D eigenvalue weighted by Crippen LogP contribution is 2.39. The van der Waals surface area contributed by atoms with Crippen LogP contribution in [0.5, 0.6) is 0 Å². The highest BCUT2D eigenvalue weighted by molar-refractivity contribution is 7.91. The molecule has 1 saturated carbocycles. The lowest BCUT2D eigenvalue weighted by atomic mass is 9.79. The SMILES string of the molecule is CCCCCCn1cc(C2(C)CC(c3ccc(C)cc3)=C(C(=O)NS(=O)(=O)C3CC3)C(=O)N2)cn1. The maximum Gasteiger partial charge on any atom is 0.270 e. The average molecular weight is 499 g/mol. The third-order valence-corrected chi connectivity index (χ3v) is 8.60. The molecule has 9 heteroatoms. The lowest BCUT2D eigenvalue weighted by molar-refractivity contribution is -0.124. The van der Waals surface area contributed by atoms with Crippen molar-refractivity contribution >= 4 is 27.4 Å². The Kier molecular flexibility index (Phi) is 7.17. The van der Waals surface area contributed by atoms with E-state index >= 15 is 0 Å². The largest absolute Gasteiger partial charge is 0.342 e. The van der Waals surface area contributed by atoms with Gasteiger partial charge in [0.05, 0.1) is 17.0 Å². The summed E-state index contributed by atoms with van der Waals surface area (Å²) < 4.78 is 28.9. The molecule has 1 aromatic heterocycles. The van der Waals surface area contributed by atoms with Gasteiger partial charge in [-0.25, -0.2) is 13.1 Å². The fourth-order valence-corrected chi connectivity index (χ4v) is 5.75. The molecule has 2 N–H and O–H groups in total. The van der Waals surface area contributed by atoms with Crippen molar-refractivity contribution in [3.8, 4) is 0 Å². The molecule has 2 aromatic rings. The smallest absolute Gasteiger partial charge is 0.270 e. The molecule has 2 heterocycles. The molecule has 0 spiro atoms. The Morgan fingerprint density at radius 2 is 1.91 bits per heavy atom. The van der Waals surface area contributed by atoms with Crippen LogP contribution in [0.4, 0.5) is 0 Å². The second-order valence-electron chi connectivity index (χ2n) is 9.91. The van der Waals surface area contributed by atoms with Gasteiger partial charge in [-0.2, -0.15) is 5.10 Å². The Balaban J connectivity index is 1.66. The molecule has 1 atom stereocenters. The maximum atomic E-state index is 13.3. The maximum absolute atomic E-state index is 13.3. The molecule has 8 nitrogen and oxygen atoms in total. The lowest BCUT2D eigenvalue weighted by Gasteiger charge is -2.36. The summed E-state index contributed by atoms with van der Waals surface area (Å²) in [5, 5.41) is 6.89. The highest BCUT2D eigenvalue weighted by Gasteiger charge is 2.43. The van der Waals surface area contributed by atoms with Crippen molar-refractivity contribution in [2.24, 2.45) is 0 Å². The lowest BCUT2D eigenvalue weighted by Crippen LogP contribution is -2.50. The van der Waals surface area contributed by atoms with Crippen molar-refractivity contribution in [1.29, 1.82) is 0 Å². The van der Waals surface area contributed by atoms with E-state index in [1.807, 2.05) is 49.0 Å². The number of aromatic nitrogens is 2. The van der Waals surface area contributed by atoms with Gasteiger partial charge in [0, 0.05) is 24.7 Å². The summed E-state index contributed by atoms with van der Waals surface area (Å²) in [6.45, 7) is 6.85. The number of unbranched alkanes of at least 4 members (excludes halogenated alkanes) is 3. The summed E-state index contributed by atoms with van der Waals surface area (Å²) in [6, 6.07) is 7.56. The third kappa shape index (κ3) is 5.66. The van der Waals surface area contributed by atoms with E-state index in [0.29, 0.717) is 24.8 Å². The number of aryl methyl sites for hydroxylation is 2. The fourth-order valence-electron chi connectivity index (χ4n) is 4.47. The summed E-state index contributed by atoms with van der Waals surface area (Å²) in [5.74, 6) is -1.47. The monoisotopic (exact) mass is 498 g/mol. The minimum absolute atomic E-state index is 0.150. The first-order valence-electron chi connectivity index (χ1n) is 12.3. The Morgan fingerprint density at radius 3 is 2.57 bits per heavy atom. The number of rotatable bonds is 10. The van der Waals surface area contributed by atoms with Gasteiger partial charge in [-0.3, -0.25) is 14.3 Å². The van der Waals surface area contributed by atoms with Crippen molar-refractivity contribution in [1.82, 2.24) is 19.8 Å². The van der Waals surface area contributed by atoms with Crippen LogP contribution in [0.1, 0.15) is 75.5 Å². The molecule has 0 saturated heterocycles. The van der Waals surface area contributed by atoms with Crippen molar-refractivity contribution in [3.05, 3.63) is 58.9 Å². The predicted molar refractivity (Wildman–Crippen MR) is 135 cm³/mol. The number of amides is 2. The van der Waals surface area contributed by atoms with E-state index in [1.54, 1.807) is 6.20 Å². The van der Waals surface area contributed by atoms with Crippen molar-refractivity contribution < 1.29 is 18.0 Å². The Labute approximate surface area is 207 Å². The van der Waals surface area contributed by atoms with Gasteiger partial charge in [0.15, 0.2) is 0 Å². The molecule has 0 bridgehead atoms. The highest BCUT2D eigenvalue weighted by atomic mass is 32.2. The molecule has 1 aliphatic heterocycles. The normalized spacial score (nSPS) is 20.6. The Morgan fingerprint density at radius 1 is 1.20 bits per heavy atom. The van der Waals surface area contributed by atoms with Gasteiger partial charge in [0.2, 0.25) is 10.0 Å². The van der Waals surface area contributed by atoms with Crippen LogP contribution in [0, 0.1) is 6.92 Å². The number of carbonyl (C=O) groups is 2. The molecule has 35 heavy (non-hydrogen) atoms. The topological polar surface area (TPSA) is 110 Å². The fraction of sp³-hybridized carbons (Fsp3) is 0.500. The van der Waals surface area contributed by atoms with E-state index in [-0.39, 0.29) is 5.57 Å². The molecule has 1 aliphatic carbocycles. The molecule has 0 radical (unpaired) electrons. The van der Waals surface area contributed by atoms with Crippen LogP contribution in [-0.4, -0.2) is 35.3 Å². The molecule has 1 fully saturated rings. The summed E-state index contributed by atoms with van der Waals surface area (Å²) in [7, 11) is -3.79. The standard InChI is InChI=1S/C26H34N4O4S/c1-4-5-6-7-14-30-17-20(16-27-30)26(3)15-22(19-10-8-18(2)9-11-19)23(24(31)28-26)25(32)29-35(33,34)21-12-13-21/h8-11,16-17,21H,4-7,12-15H2,1-3H3,(H,28,31)(H,29,32). The van der Waals surface area contributed by atoms with Crippen LogP contribution in [-0.2, 0) is 31.7 Å². The number of hydrogen-bond donors (Lipinski definition) is 2. The summed E-state index contributed by atoms with van der Waals surface area (Å²) >= 11 is 0. The van der Waals surface area contributed by atoms with Crippen LogP contribution < -0.4 is 10.0 Å². The van der Waals surface area contributed by atoms with E-state index in [0.717, 1.165) is 36.1 Å². The molecule has 4 rings (SSSR count). The van der Waals surface area contributed by atoms with E-state index in [9.17, 15) is 18.0 Å². The minimum Gasteiger partial charge on any atom is -0.342 e. The van der Waals surface area contributed by atoms with Crippen LogP contribution >= 0.6 is 0 Å². The van der Waals surface area contributed by atoms with Crippen LogP contribution in [0.15, 0.2) is 42.2 Å². The zero-order valence-electron chi connectivity index (χ0n) is 20.6. The number of hydrogen-bond acceptors (Lipinski definition) is 5. The first-order valence-corrected chi connectivity index (χ1v) is 13.9. The molecule has 1 aromatic carbocycles. The van der Waals surface area contributed by atoms with Gasteiger partial charge >= 0.3 is 0 Å². The van der Waals surface area contributed by atoms with Crippen molar-refractivity contribution in [3.63, 3.8) is 0 Å².